The van der Waals surface area contributed by atoms with E-state index in [1.165, 1.54) is 7.11 Å². The Balaban J connectivity index is 2.83. The predicted molar refractivity (Wildman–Crippen MR) is 40.6 cm³/mol. The number of carboxylic acids is 1. The number of methoxy groups -OCH3 is 1. The van der Waals surface area contributed by atoms with Gasteiger partial charge in [-0.05, 0) is 0 Å². The third kappa shape index (κ3) is 1.75. The molecule has 70 valence electrons. The third-order valence-corrected chi connectivity index (χ3v) is 3.62. The van der Waals surface area contributed by atoms with Crippen LogP contribution < -0.4 is 0 Å². The van der Waals surface area contributed by atoms with Crippen molar-refractivity contribution in [3.63, 3.8) is 0 Å². The number of carbonyl (C=O) groups is 1. The molecule has 0 spiro atoms. The van der Waals surface area contributed by atoms with Crippen LogP contribution in [0.3, 0.4) is 0 Å². The molecule has 0 amide bonds. The molecule has 1 rings (SSSR count). The van der Waals surface area contributed by atoms with Gasteiger partial charge in [-0.2, -0.15) is 0 Å². The minimum Gasteiger partial charge on any atom is -0.481 e. The van der Waals surface area contributed by atoms with E-state index >= 15 is 0 Å². The molecule has 1 aliphatic rings. The number of hydrogen-bond acceptors (Lipinski definition) is 4. The zero-order chi connectivity index (χ0) is 9.35. The van der Waals surface area contributed by atoms with Crippen LogP contribution in [0.4, 0.5) is 0 Å². The molecule has 1 aliphatic heterocycles. The van der Waals surface area contributed by atoms with Gasteiger partial charge in [0.2, 0.25) is 0 Å². The van der Waals surface area contributed by atoms with Crippen molar-refractivity contribution in [2.45, 2.75) is 6.10 Å². The molecule has 0 radical (unpaired) electrons. The number of hydrogen-bond donors (Lipinski definition) is 1. The van der Waals surface area contributed by atoms with Crippen LogP contribution in [0, 0.1) is 5.92 Å². The predicted octanol–water partition coefficient (Wildman–Crippen LogP) is -0.869. The van der Waals surface area contributed by atoms with Gasteiger partial charge < -0.3 is 9.84 Å². The standard InChI is InChI=1S/C6H10O5S/c1-11-5-3-12(9,10)2-4(5)6(7)8/h4-5H,2-3H2,1H3,(H,7,8). The molecule has 6 heteroatoms. The summed E-state index contributed by atoms with van der Waals surface area (Å²) >= 11 is 0. The number of sulfone groups is 1. The topological polar surface area (TPSA) is 80.7 Å². The maximum Gasteiger partial charge on any atom is 0.310 e. The summed E-state index contributed by atoms with van der Waals surface area (Å²) in [5.74, 6) is -2.50. The maximum atomic E-state index is 11.0. The molecule has 2 unspecified atom stereocenters. The Morgan fingerprint density at radius 1 is 1.50 bits per heavy atom. The molecule has 1 heterocycles. The van der Waals surface area contributed by atoms with Crippen molar-refractivity contribution in [2.24, 2.45) is 5.92 Å². The number of ether oxygens (including phenoxy) is 1. The van der Waals surface area contributed by atoms with E-state index in [0.29, 0.717) is 0 Å². The Labute approximate surface area is 70.3 Å². The summed E-state index contributed by atoms with van der Waals surface area (Å²) in [5.41, 5.74) is 0. The molecule has 5 nitrogen and oxygen atoms in total. The first-order valence-corrected chi connectivity index (χ1v) is 5.24. The highest BCUT2D eigenvalue weighted by atomic mass is 32.2. The molecule has 0 aromatic rings. The molecule has 1 fully saturated rings. The van der Waals surface area contributed by atoms with Crippen LogP contribution in [0.25, 0.3) is 0 Å². The van der Waals surface area contributed by atoms with E-state index in [-0.39, 0.29) is 11.5 Å². The van der Waals surface area contributed by atoms with Gasteiger partial charge in [0.15, 0.2) is 9.84 Å². The lowest BCUT2D eigenvalue weighted by atomic mass is 10.1. The highest BCUT2D eigenvalue weighted by Crippen LogP contribution is 2.21. The second kappa shape index (κ2) is 3.02. The summed E-state index contributed by atoms with van der Waals surface area (Å²) in [4.78, 5) is 10.5. The summed E-state index contributed by atoms with van der Waals surface area (Å²) < 4.78 is 26.7. The van der Waals surface area contributed by atoms with Crippen molar-refractivity contribution < 1.29 is 23.1 Å². The van der Waals surface area contributed by atoms with Gasteiger partial charge in [-0.3, -0.25) is 4.79 Å². The fourth-order valence-electron chi connectivity index (χ4n) is 1.28. The fourth-order valence-corrected chi connectivity index (χ4v) is 3.19. The molecule has 1 N–H and O–H groups in total. The van der Waals surface area contributed by atoms with Crippen molar-refractivity contribution in [1.82, 2.24) is 0 Å². The highest BCUT2D eigenvalue weighted by molar-refractivity contribution is 7.91. The van der Waals surface area contributed by atoms with Gasteiger partial charge in [0.25, 0.3) is 0 Å². The third-order valence-electron chi connectivity index (χ3n) is 1.92. The number of rotatable bonds is 2. The average Bonchev–Trinajstić information content (AvgIpc) is 2.25. The summed E-state index contributed by atoms with van der Waals surface area (Å²) in [6, 6.07) is 0. The molecule has 0 aliphatic carbocycles. The molecule has 2 atom stereocenters. The van der Waals surface area contributed by atoms with E-state index in [0.717, 1.165) is 0 Å². The quantitative estimate of drug-likeness (QED) is 0.618. The first kappa shape index (κ1) is 9.47. The Morgan fingerprint density at radius 2 is 2.08 bits per heavy atom. The van der Waals surface area contributed by atoms with Crippen LogP contribution in [0.1, 0.15) is 0 Å². The van der Waals surface area contributed by atoms with E-state index in [9.17, 15) is 13.2 Å². The van der Waals surface area contributed by atoms with Crippen molar-refractivity contribution in [3.8, 4) is 0 Å². The summed E-state index contributed by atoms with van der Waals surface area (Å²) in [5, 5.41) is 8.60. The second-order valence-corrected chi connectivity index (χ2v) is 4.95. The lowest BCUT2D eigenvalue weighted by Gasteiger charge is -2.10. The van der Waals surface area contributed by atoms with Crippen LogP contribution in [-0.2, 0) is 19.4 Å². The first-order chi connectivity index (χ1) is 5.46. The van der Waals surface area contributed by atoms with Gasteiger partial charge in [0.05, 0.1) is 23.5 Å². The molecule has 0 aromatic carbocycles. The van der Waals surface area contributed by atoms with Gasteiger partial charge in [0.1, 0.15) is 0 Å². The lowest BCUT2D eigenvalue weighted by Crippen LogP contribution is -2.27. The summed E-state index contributed by atoms with van der Waals surface area (Å²) in [6.45, 7) is 0. The van der Waals surface area contributed by atoms with Crippen molar-refractivity contribution in [3.05, 3.63) is 0 Å². The molecule has 1 saturated heterocycles. The van der Waals surface area contributed by atoms with Gasteiger partial charge >= 0.3 is 5.97 Å². The van der Waals surface area contributed by atoms with Crippen molar-refractivity contribution in [2.75, 3.05) is 18.6 Å². The van der Waals surface area contributed by atoms with Crippen LogP contribution in [0.15, 0.2) is 0 Å². The van der Waals surface area contributed by atoms with Gasteiger partial charge in [0, 0.05) is 7.11 Å². The Bertz CT molecular complexity index is 280. The van der Waals surface area contributed by atoms with Gasteiger partial charge in [-0.15, -0.1) is 0 Å². The second-order valence-electron chi connectivity index (χ2n) is 2.80. The van der Waals surface area contributed by atoms with E-state index < -0.39 is 27.8 Å². The van der Waals surface area contributed by atoms with Crippen molar-refractivity contribution in [1.29, 1.82) is 0 Å². The normalized spacial score (nSPS) is 33.4. The molecule has 12 heavy (non-hydrogen) atoms. The largest absolute Gasteiger partial charge is 0.481 e. The maximum absolute atomic E-state index is 11.0. The van der Waals surface area contributed by atoms with Crippen molar-refractivity contribution >= 4 is 15.8 Å². The average molecular weight is 194 g/mol. The van der Waals surface area contributed by atoms with E-state index in [2.05, 4.69) is 0 Å². The molecule has 0 saturated carbocycles. The summed E-state index contributed by atoms with van der Waals surface area (Å²) in [6.07, 6.45) is -0.688. The number of carboxylic acid groups (broad SMARTS) is 1. The van der Waals surface area contributed by atoms with E-state index in [1.54, 1.807) is 0 Å². The van der Waals surface area contributed by atoms with Crippen LogP contribution in [-0.4, -0.2) is 44.2 Å². The SMILES string of the molecule is COC1CS(=O)(=O)CC1C(=O)O. The molecule has 0 bridgehead atoms. The Kier molecular flexibility index (Phi) is 2.39. The minimum absolute atomic E-state index is 0.180. The van der Waals surface area contributed by atoms with Crippen LogP contribution >= 0.6 is 0 Å². The zero-order valence-electron chi connectivity index (χ0n) is 6.56. The highest BCUT2D eigenvalue weighted by Gasteiger charge is 2.42. The molecular formula is C6H10O5S. The smallest absolute Gasteiger partial charge is 0.310 e. The Hall–Kier alpha value is -0.620. The lowest BCUT2D eigenvalue weighted by molar-refractivity contribution is -0.144. The van der Waals surface area contributed by atoms with Crippen LogP contribution in [0.5, 0.6) is 0 Å². The Morgan fingerprint density at radius 3 is 2.42 bits per heavy atom. The van der Waals surface area contributed by atoms with Gasteiger partial charge in [-0.1, -0.05) is 0 Å². The summed E-state index contributed by atoms with van der Waals surface area (Å²) in [7, 11) is -1.89. The van der Waals surface area contributed by atoms with Crippen LogP contribution in [0.2, 0.25) is 0 Å². The van der Waals surface area contributed by atoms with E-state index in [4.69, 9.17) is 9.84 Å². The number of aliphatic carboxylic acids is 1. The molecule has 0 aromatic heterocycles. The first-order valence-electron chi connectivity index (χ1n) is 3.42. The van der Waals surface area contributed by atoms with Gasteiger partial charge in [-0.25, -0.2) is 8.42 Å². The monoisotopic (exact) mass is 194 g/mol. The zero-order valence-corrected chi connectivity index (χ0v) is 7.37. The fraction of sp³-hybridized carbons (Fsp3) is 0.833. The van der Waals surface area contributed by atoms with E-state index in [1.807, 2.05) is 0 Å². The minimum atomic E-state index is -3.21. The molecular weight excluding hydrogens is 184 g/mol.